The van der Waals surface area contributed by atoms with Crippen LogP contribution in [0, 0.1) is 17.0 Å². The highest BCUT2D eigenvalue weighted by Crippen LogP contribution is 2.45. The second-order valence-electron chi connectivity index (χ2n) is 6.41. The molecular weight excluding hydrogens is 326 g/mol. The number of hydrogen-bond donors (Lipinski definition) is 0. The van der Waals surface area contributed by atoms with Gasteiger partial charge in [-0.05, 0) is 49.3 Å². The first kappa shape index (κ1) is 15.5. The summed E-state index contributed by atoms with van der Waals surface area (Å²) in [5, 5.41) is 13.6. The maximum absolute atomic E-state index is 11.4. The zero-order valence-electron chi connectivity index (χ0n) is 13.5. The van der Waals surface area contributed by atoms with Gasteiger partial charge in [0.25, 0.3) is 0 Å². The van der Waals surface area contributed by atoms with Gasteiger partial charge in [0.05, 0.1) is 11.5 Å². The Morgan fingerprint density at radius 1 is 1.38 bits per heavy atom. The van der Waals surface area contributed by atoms with E-state index in [4.69, 9.17) is 4.74 Å². The lowest BCUT2D eigenvalue weighted by atomic mass is 9.85. The Morgan fingerprint density at radius 2 is 2.17 bits per heavy atom. The van der Waals surface area contributed by atoms with Crippen molar-refractivity contribution in [1.82, 2.24) is 4.98 Å². The lowest BCUT2D eigenvalue weighted by molar-refractivity contribution is -0.384. The maximum atomic E-state index is 11.4. The van der Waals surface area contributed by atoms with E-state index in [1.165, 1.54) is 10.4 Å². The molecule has 24 heavy (non-hydrogen) atoms. The summed E-state index contributed by atoms with van der Waals surface area (Å²) in [4.78, 5) is 18.8. The molecule has 0 atom stereocenters. The van der Waals surface area contributed by atoms with E-state index in [0.717, 1.165) is 25.9 Å². The molecule has 6 nitrogen and oxygen atoms in total. The molecule has 0 N–H and O–H groups in total. The smallest absolute Gasteiger partial charge is 0.314 e. The van der Waals surface area contributed by atoms with E-state index in [9.17, 15) is 10.1 Å². The van der Waals surface area contributed by atoms with Gasteiger partial charge >= 0.3 is 5.69 Å². The predicted molar refractivity (Wildman–Crippen MR) is 92.7 cm³/mol. The van der Waals surface area contributed by atoms with Gasteiger partial charge in [-0.1, -0.05) is 0 Å². The van der Waals surface area contributed by atoms with Crippen LogP contribution in [0.3, 0.4) is 0 Å². The Bertz CT molecular complexity index is 781. The minimum Gasteiger partial charge on any atom is -0.369 e. The zero-order valence-corrected chi connectivity index (χ0v) is 14.3. The highest BCUT2D eigenvalue weighted by molar-refractivity contribution is 7.10. The van der Waals surface area contributed by atoms with Crippen molar-refractivity contribution >= 4 is 22.8 Å². The van der Waals surface area contributed by atoms with Gasteiger partial charge in [0.15, 0.2) is 0 Å². The van der Waals surface area contributed by atoms with Crippen molar-refractivity contribution < 1.29 is 9.66 Å². The Kier molecular flexibility index (Phi) is 3.77. The van der Waals surface area contributed by atoms with Crippen LogP contribution in [0.5, 0.6) is 0 Å². The molecule has 0 aromatic carbocycles. The molecule has 1 fully saturated rings. The summed E-state index contributed by atoms with van der Waals surface area (Å²) in [6.45, 7) is 3.95. The Hall–Kier alpha value is -1.99. The second-order valence-corrected chi connectivity index (χ2v) is 7.33. The fourth-order valence-corrected chi connectivity index (χ4v) is 4.97. The van der Waals surface area contributed by atoms with E-state index in [1.54, 1.807) is 30.5 Å². The average molecular weight is 345 g/mol. The number of nitrogens with zero attached hydrogens (tertiary/aromatic N) is 3. The minimum atomic E-state index is -0.323. The zero-order chi connectivity index (χ0) is 16.7. The molecule has 0 bridgehead atoms. The summed E-state index contributed by atoms with van der Waals surface area (Å²) < 4.78 is 6.21. The molecule has 0 unspecified atom stereocenters. The molecule has 4 heterocycles. The van der Waals surface area contributed by atoms with Crippen LogP contribution in [0.15, 0.2) is 23.7 Å². The molecule has 0 radical (unpaired) electrons. The fourth-order valence-electron chi connectivity index (χ4n) is 3.80. The van der Waals surface area contributed by atoms with E-state index in [2.05, 4.69) is 16.4 Å². The highest BCUT2D eigenvalue weighted by atomic mass is 32.1. The molecule has 0 amide bonds. The largest absolute Gasteiger partial charge is 0.369 e. The Balaban J connectivity index is 1.61. The molecule has 1 spiro atoms. The van der Waals surface area contributed by atoms with E-state index in [0.29, 0.717) is 24.5 Å². The molecule has 2 aliphatic heterocycles. The number of hydrogen-bond acceptors (Lipinski definition) is 6. The van der Waals surface area contributed by atoms with E-state index < -0.39 is 0 Å². The number of rotatable bonds is 2. The molecule has 2 aliphatic rings. The van der Waals surface area contributed by atoms with E-state index in [1.807, 2.05) is 4.90 Å². The first-order valence-corrected chi connectivity index (χ1v) is 9.04. The van der Waals surface area contributed by atoms with Crippen molar-refractivity contribution in [2.24, 2.45) is 0 Å². The van der Waals surface area contributed by atoms with Crippen molar-refractivity contribution in [1.29, 1.82) is 0 Å². The average Bonchev–Trinajstić information content (AvgIpc) is 3.05. The molecule has 0 saturated carbocycles. The summed E-state index contributed by atoms with van der Waals surface area (Å²) >= 11 is 1.77. The third-order valence-electron chi connectivity index (χ3n) is 5.07. The number of pyridine rings is 1. The van der Waals surface area contributed by atoms with Crippen LogP contribution in [0.1, 0.15) is 28.8 Å². The number of ether oxygens (including phenoxy) is 1. The van der Waals surface area contributed by atoms with E-state index in [-0.39, 0.29) is 16.2 Å². The molecule has 7 heteroatoms. The Labute approximate surface area is 144 Å². The summed E-state index contributed by atoms with van der Waals surface area (Å²) in [6, 6.07) is 3.89. The first-order chi connectivity index (χ1) is 11.6. The number of fused-ring (bicyclic) bond motifs is 2. The van der Waals surface area contributed by atoms with Crippen LogP contribution in [0.2, 0.25) is 0 Å². The molecular formula is C17H19N3O3S. The number of piperidine rings is 1. The molecule has 0 aliphatic carbocycles. The van der Waals surface area contributed by atoms with Crippen molar-refractivity contribution in [3.63, 3.8) is 0 Å². The summed E-state index contributed by atoms with van der Waals surface area (Å²) in [6.07, 6.45) is 4.31. The van der Waals surface area contributed by atoms with Crippen LogP contribution >= 0.6 is 11.3 Å². The lowest BCUT2D eigenvalue weighted by Crippen LogP contribution is -2.46. The molecule has 2 aromatic rings. The van der Waals surface area contributed by atoms with Gasteiger partial charge in [-0.2, -0.15) is 0 Å². The van der Waals surface area contributed by atoms with Gasteiger partial charge in [-0.25, -0.2) is 4.98 Å². The summed E-state index contributed by atoms with van der Waals surface area (Å²) in [5.74, 6) is 0.483. The highest BCUT2D eigenvalue weighted by Gasteiger charge is 2.42. The van der Waals surface area contributed by atoms with Gasteiger partial charge in [0.2, 0.25) is 5.82 Å². The standard InChI is InChI=1S/C17H19N3O3S/c1-12-2-7-18-16(14(12)20(21)22)19-8-5-17(6-9-19)15-13(3-10-23-17)4-11-24-15/h2,4,7,11H,3,5-6,8-10H2,1H3. The third-order valence-corrected chi connectivity index (χ3v) is 6.21. The number of thiophene rings is 1. The monoisotopic (exact) mass is 345 g/mol. The molecule has 1 saturated heterocycles. The van der Waals surface area contributed by atoms with Crippen molar-refractivity contribution in [2.75, 3.05) is 24.6 Å². The van der Waals surface area contributed by atoms with Crippen LogP contribution in [0.4, 0.5) is 11.5 Å². The number of nitro groups is 1. The van der Waals surface area contributed by atoms with Crippen molar-refractivity contribution in [2.45, 2.75) is 31.8 Å². The van der Waals surface area contributed by atoms with Crippen LogP contribution in [-0.4, -0.2) is 29.6 Å². The number of anilines is 1. The van der Waals surface area contributed by atoms with Gasteiger partial charge in [-0.15, -0.1) is 11.3 Å². The van der Waals surface area contributed by atoms with Gasteiger partial charge in [-0.3, -0.25) is 10.1 Å². The summed E-state index contributed by atoms with van der Waals surface area (Å²) in [5.41, 5.74) is 1.96. The van der Waals surface area contributed by atoms with Crippen molar-refractivity contribution in [3.8, 4) is 0 Å². The van der Waals surface area contributed by atoms with Crippen LogP contribution in [0.25, 0.3) is 0 Å². The first-order valence-electron chi connectivity index (χ1n) is 8.16. The van der Waals surface area contributed by atoms with Crippen molar-refractivity contribution in [3.05, 3.63) is 49.8 Å². The quantitative estimate of drug-likeness (QED) is 0.616. The minimum absolute atomic E-state index is 0.120. The van der Waals surface area contributed by atoms with Gasteiger partial charge < -0.3 is 9.64 Å². The molecule has 4 rings (SSSR count). The number of aryl methyl sites for hydroxylation is 1. The summed E-state index contributed by atoms with van der Waals surface area (Å²) in [7, 11) is 0. The van der Waals surface area contributed by atoms with Crippen LogP contribution < -0.4 is 4.90 Å². The topological polar surface area (TPSA) is 68.5 Å². The van der Waals surface area contributed by atoms with Gasteiger partial charge in [0, 0.05) is 29.7 Å². The maximum Gasteiger partial charge on any atom is 0.314 e. The fraction of sp³-hybridized carbons (Fsp3) is 0.471. The third kappa shape index (κ3) is 2.39. The molecule has 126 valence electrons. The lowest BCUT2D eigenvalue weighted by Gasteiger charge is -2.43. The van der Waals surface area contributed by atoms with Gasteiger partial charge in [0.1, 0.15) is 5.60 Å². The molecule has 2 aromatic heterocycles. The predicted octanol–water partition coefficient (Wildman–Crippen LogP) is 3.43. The van der Waals surface area contributed by atoms with Crippen LogP contribution in [-0.2, 0) is 16.8 Å². The second kappa shape index (κ2) is 5.82. The normalized spacial score (nSPS) is 19.3. The number of aromatic nitrogens is 1. The van der Waals surface area contributed by atoms with E-state index >= 15 is 0 Å². The SMILES string of the molecule is Cc1ccnc(N2CCC3(CC2)OCCc2ccsc23)c1[N+](=O)[O-]. The Morgan fingerprint density at radius 3 is 2.92 bits per heavy atom.